The van der Waals surface area contributed by atoms with Gasteiger partial charge in [0.05, 0.1) is 27.9 Å². The Morgan fingerprint density at radius 1 is 1.00 bits per heavy atom. The minimum absolute atomic E-state index is 0.113. The highest BCUT2D eigenvalue weighted by Crippen LogP contribution is 2.38. The third-order valence-corrected chi connectivity index (χ3v) is 4.69. The van der Waals surface area contributed by atoms with Crippen LogP contribution in [0.2, 0.25) is 0 Å². The van der Waals surface area contributed by atoms with Crippen LogP contribution in [0.4, 0.5) is 0 Å². The zero-order valence-electron chi connectivity index (χ0n) is 16.6. The first-order valence-corrected chi connectivity index (χ1v) is 8.96. The maximum atomic E-state index is 12.9. The number of benzene rings is 1. The lowest BCUT2D eigenvalue weighted by Gasteiger charge is -2.37. The molecular formula is C19H28N2O6. The molecule has 27 heavy (non-hydrogen) atoms. The summed E-state index contributed by atoms with van der Waals surface area (Å²) >= 11 is 0. The average Bonchev–Trinajstić information content (AvgIpc) is 2.71. The van der Waals surface area contributed by atoms with Crippen molar-refractivity contribution in [3.8, 4) is 17.2 Å². The summed E-state index contributed by atoms with van der Waals surface area (Å²) in [6.07, 6.45) is 0. The SMILES string of the molecule is CCOC(=O)C(C)N1CCN(C(=O)c2cc(OC)c(OC)c(OC)c2)CC1. The van der Waals surface area contributed by atoms with E-state index in [2.05, 4.69) is 0 Å². The van der Waals surface area contributed by atoms with E-state index >= 15 is 0 Å². The highest BCUT2D eigenvalue weighted by Gasteiger charge is 2.29. The number of nitrogens with zero attached hydrogens (tertiary/aromatic N) is 2. The number of carbonyl (C=O) groups is 2. The molecule has 2 rings (SSSR count). The van der Waals surface area contributed by atoms with E-state index in [0.717, 1.165) is 0 Å². The third-order valence-electron chi connectivity index (χ3n) is 4.69. The molecule has 8 nitrogen and oxygen atoms in total. The minimum Gasteiger partial charge on any atom is -0.493 e. The fraction of sp³-hybridized carbons (Fsp3) is 0.579. The highest BCUT2D eigenvalue weighted by atomic mass is 16.5. The fourth-order valence-corrected chi connectivity index (χ4v) is 3.11. The molecule has 1 aromatic rings. The quantitative estimate of drug-likeness (QED) is 0.662. The van der Waals surface area contributed by atoms with Gasteiger partial charge in [0.25, 0.3) is 5.91 Å². The lowest BCUT2D eigenvalue weighted by molar-refractivity contribution is -0.149. The van der Waals surface area contributed by atoms with Crippen LogP contribution in [0, 0.1) is 0 Å². The largest absolute Gasteiger partial charge is 0.493 e. The van der Waals surface area contributed by atoms with E-state index in [1.54, 1.807) is 24.0 Å². The van der Waals surface area contributed by atoms with Crippen LogP contribution >= 0.6 is 0 Å². The van der Waals surface area contributed by atoms with Crippen LogP contribution in [0.25, 0.3) is 0 Å². The van der Waals surface area contributed by atoms with Gasteiger partial charge in [-0.3, -0.25) is 14.5 Å². The van der Waals surface area contributed by atoms with Crippen LogP contribution < -0.4 is 14.2 Å². The standard InChI is InChI=1S/C19H28N2O6/c1-6-27-19(23)13(2)20-7-9-21(10-8-20)18(22)14-11-15(24-3)17(26-5)16(12-14)25-4/h11-13H,6-10H2,1-5H3. The molecule has 8 heteroatoms. The first-order valence-electron chi connectivity index (χ1n) is 8.96. The zero-order chi connectivity index (χ0) is 20.0. The van der Waals surface area contributed by atoms with E-state index in [1.807, 2.05) is 11.8 Å². The Balaban J connectivity index is 2.08. The van der Waals surface area contributed by atoms with Gasteiger partial charge in [0.1, 0.15) is 6.04 Å². The Morgan fingerprint density at radius 3 is 2.00 bits per heavy atom. The number of rotatable bonds is 7. The highest BCUT2D eigenvalue weighted by molar-refractivity contribution is 5.95. The first-order chi connectivity index (χ1) is 13.0. The number of piperazine rings is 1. The summed E-state index contributed by atoms with van der Waals surface area (Å²) in [4.78, 5) is 28.6. The molecule has 0 saturated carbocycles. The summed E-state index contributed by atoms with van der Waals surface area (Å²) in [5.41, 5.74) is 0.469. The molecule has 1 aliphatic heterocycles. The number of hydrogen-bond acceptors (Lipinski definition) is 7. The lowest BCUT2D eigenvalue weighted by Crippen LogP contribution is -2.53. The van der Waals surface area contributed by atoms with E-state index in [9.17, 15) is 9.59 Å². The number of hydrogen-bond donors (Lipinski definition) is 0. The van der Waals surface area contributed by atoms with E-state index in [-0.39, 0.29) is 17.9 Å². The second-order valence-electron chi connectivity index (χ2n) is 6.17. The van der Waals surface area contributed by atoms with Gasteiger partial charge in [0.15, 0.2) is 11.5 Å². The molecule has 150 valence electrons. The Hall–Kier alpha value is -2.48. The number of ether oxygens (including phenoxy) is 4. The van der Waals surface area contributed by atoms with Crippen LogP contribution in [0.1, 0.15) is 24.2 Å². The summed E-state index contributed by atoms with van der Waals surface area (Å²) in [5, 5.41) is 0. The molecule has 0 radical (unpaired) electrons. The van der Waals surface area contributed by atoms with Crippen molar-refractivity contribution >= 4 is 11.9 Å². The van der Waals surface area contributed by atoms with E-state index in [4.69, 9.17) is 18.9 Å². The monoisotopic (exact) mass is 380 g/mol. The van der Waals surface area contributed by atoms with Gasteiger partial charge < -0.3 is 23.8 Å². The molecule has 0 aromatic heterocycles. The molecule has 1 unspecified atom stereocenters. The van der Waals surface area contributed by atoms with Crippen molar-refractivity contribution in [1.82, 2.24) is 9.80 Å². The van der Waals surface area contributed by atoms with Gasteiger partial charge in [-0.1, -0.05) is 0 Å². The maximum absolute atomic E-state index is 12.9. The molecule has 1 atom stereocenters. The first kappa shape index (κ1) is 20.8. The minimum atomic E-state index is -0.316. The van der Waals surface area contributed by atoms with Gasteiger partial charge in [-0.25, -0.2) is 0 Å². The van der Waals surface area contributed by atoms with Gasteiger partial charge in [-0.15, -0.1) is 0 Å². The van der Waals surface area contributed by atoms with E-state index < -0.39 is 0 Å². The second kappa shape index (κ2) is 9.45. The molecular weight excluding hydrogens is 352 g/mol. The van der Waals surface area contributed by atoms with Crippen molar-refractivity contribution in [1.29, 1.82) is 0 Å². The van der Waals surface area contributed by atoms with Gasteiger partial charge in [-0.05, 0) is 26.0 Å². The zero-order valence-corrected chi connectivity index (χ0v) is 16.6. The number of amides is 1. The molecule has 1 aliphatic rings. The molecule has 0 aliphatic carbocycles. The van der Waals surface area contributed by atoms with Gasteiger partial charge in [0.2, 0.25) is 5.75 Å². The number of esters is 1. The number of carbonyl (C=O) groups excluding carboxylic acids is 2. The fourth-order valence-electron chi connectivity index (χ4n) is 3.11. The summed E-state index contributed by atoms with van der Waals surface area (Å²) in [6, 6.07) is 2.98. The second-order valence-corrected chi connectivity index (χ2v) is 6.17. The van der Waals surface area contributed by atoms with Crippen molar-refractivity contribution in [2.45, 2.75) is 19.9 Å². The van der Waals surface area contributed by atoms with Crippen molar-refractivity contribution in [2.75, 3.05) is 54.1 Å². The van der Waals surface area contributed by atoms with Crippen molar-refractivity contribution in [3.63, 3.8) is 0 Å². The summed E-state index contributed by atoms with van der Waals surface area (Å²) in [6.45, 7) is 6.25. The molecule has 0 spiro atoms. The summed E-state index contributed by atoms with van der Waals surface area (Å²) in [7, 11) is 4.55. The Kier molecular flexibility index (Phi) is 7.29. The molecule has 1 heterocycles. The average molecular weight is 380 g/mol. The summed E-state index contributed by atoms with van der Waals surface area (Å²) < 4.78 is 21.0. The van der Waals surface area contributed by atoms with Crippen molar-refractivity contribution in [3.05, 3.63) is 17.7 Å². The number of methoxy groups -OCH3 is 3. The van der Waals surface area contributed by atoms with Crippen LogP contribution in [0.15, 0.2) is 12.1 Å². The molecule has 1 amide bonds. The Bertz CT molecular complexity index is 645. The smallest absolute Gasteiger partial charge is 0.323 e. The molecule has 1 aromatic carbocycles. The molecule has 1 fully saturated rings. The van der Waals surface area contributed by atoms with Crippen LogP contribution in [-0.2, 0) is 9.53 Å². The topological polar surface area (TPSA) is 77.5 Å². The lowest BCUT2D eigenvalue weighted by atomic mass is 10.1. The van der Waals surface area contributed by atoms with Crippen LogP contribution in [-0.4, -0.2) is 81.8 Å². The van der Waals surface area contributed by atoms with Gasteiger partial charge >= 0.3 is 5.97 Å². The van der Waals surface area contributed by atoms with Gasteiger partial charge in [0, 0.05) is 31.7 Å². The predicted octanol–water partition coefficient (Wildman–Crippen LogP) is 1.42. The Morgan fingerprint density at radius 2 is 1.56 bits per heavy atom. The van der Waals surface area contributed by atoms with Crippen LogP contribution in [0.5, 0.6) is 17.2 Å². The van der Waals surface area contributed by atoms with Crippen molar-refractivity contribution in [2.24, 2.45) is 0 Å². The molecule has 1 saturated heterocycles. The Labute approximate surface area is 159 Å². The van der Waals surface area contributed by atoms with Crippen LogP contribution in [0.3, 0.4) is 0 Å². The third kappa shape index (κ3) is 4.63. The van der Waals surface area contributed by atoms with E-state index in [0.29, 0.717) is 55.6 Å². The van der Waals surface area contributed by atoms with E-state index in [1.165, 1.54) is 21.3 Å². The van der Waals surface area contributed by atoms with Gasteiger partial charge in [-0.2, -0.15) is 0 Å². The predicted molar refractivity (Wildman–Crippen MR) is 99.7 cm³/mol. The normalized spacial score (nSPS) is 15.8. The maximum Gasteiger partial charge on any atom is 0.323 e. The molecule has 0 N–H and O–H groups in total. The molecule has 0 bridgehead atoms. The van der Waals surface area contributed by atoms with Crippen molar-refractivity contribution < 1.29 is 28.5 Å². The summed E-state index contributed by atoms with van der Waals surface area (Å²) in [5.74, 6) is 0.980.